The molecule has 2 aromatic carbocycles. The maximum absolute atomic E-state index is 12.4. The average molecular weight is 478 g/mol. The second-order valence-electron chi connectivity index (χ2n) is 8.49. The number of thioether (sulfide) groups is 1. The summed E-state index contributed by atoms with van der Waals surface area (Å²) in [5.41, 5.74) is 3.23. The number of hydrogen-bond donors (Lipinski definition) is 1. The van der Waals surface area contributed by atoms with Gasteiger partial charge in [0.2, 0.25) is 5.91 Å². The number of nitrogens with zero attached hydrogens (tertiary/aromatic N) is 4. The highest BCUT2D eigenvalue weighted by atomic mass is 32.2. The Kier molecular flexibility index (Phi) is 7.90. The van der Waals surface area contributed by atoms with Gasteiger partial charge in [-0.25, -0.2) is 9.97 Å². The minimum Gasteiger partial charge on any atom is -0.497 e. The summed E-state index contributed by atoms with van der Waals surface area (Å²) >= 11 is 1.35. The Labute approximate surface area is 205 Å². The van der Waals surface area contributed by atoms with Gasteiger partial charge in [0, 0.05) is 49.8 Å². The number of benzene rings is 2. The number of hydrogen-bond acceptors (Lipinski definition) is 7. The number of anilines is 3. The summed E-state index contributed by atoms with van der Waals surface area (Å²) < 4.78 is 5.35. The second kappa shape index (κ2) is 11.2. The van der Waals surface area contributed by atoms with E-state index in [1.807, 2.05) is 42.5 Å². The number of rotatable bonds is 8. The van der Waals surface area contributed by atoms with Crippen LogP contribution in [0.4, 0.5) is 17.2 Å². The van der Waals surface area contributed by atoms with E-state index in [4.69, 9.17) is 9.72 Å². The highest BCUT2D eigenvalue weighted by Crippen LogP contribution is 2.24. The molecule has 4 rings (SSSR count). The monoisotopic (exact) mass is 477 g/mol. The van der Waals surface area contributed by atoms with Gasteiger partial charge in [-0.3, -0.25) is 4.79 Å². The summed E-state index contributed by atoms with van der Waals surface area (Å²) in [6, 6.07) is 18.1. The van der Waals surface area contributed by atoms with Crippen molar-refractivity contribution in [2.24, 2.45) is 0 Å². The molecular weight excluding hydrogens is 446 g/mol. The maximum Gasteiger partial charge on any atom is 0.234 e. The SMILES string of the molecule is COc1cccc(N2CCN(c3ccnc(SCC(=O)Nc4ccc(C(C)C)cc4)n3)CC2)c1. The molecule has 1 amide bonds. The Bertz CT molecular complexity index is 1100. The first kappa shape index (κ1) is 23.9. The standard InChI is InChI=1S/C26H31N5O2S/c1-19(2)20-7-9-21(10-8-20)28-25(32)18-34-26-27-12-11-24(29-26)31-15-13-30(14-16-31)22-5-4-6-23(17-22)33-3/h4-12,17,19H,13-16,18H2,1-3H3,(H,28,32). The fraction of sp³-hybridized carbons (Fsp3) is 0.346. The minimum atomic E-state index is -0.0665. The molecule has 0 bridgehead atoms. The molecule has 34 heavy (non-hydrogen) atoms. The lowest BCUT2D eigenvalue weighted by Crippen LogP contribution is -2.46. The van der Waals surface area contributed by atoms with Gasteiger partial charge in [0.1, 0.15) is 11.6 Å². The van der Waals surface area contributed by atoms with Crippen LogP contribution in [0.25, 0.3) is 0 Å². The second-order valence-corrected chi connectivity index (χ2v) is 9.43. The third-order valence-electron chi connectivity index (χ3n) is 5.83. The number of methoxy groups -OCH3 is 1. The fourth-order valence-electron chi connectivity index (χ4n) is 3.86. The van der Waals surface area contributed by atoms with Crippen LogP contribution >= 0.6 is 11.8 Å². The van der Waals surface area contributed by atoms with Gasteiger partial charge in [0.05, 0.1) is 12.9 Å². The zero-order valence-corrected chi connectivity index (χ0v) is 20.7. The normalized spacial score (nSPS) is 13.8. The van der Waals surface area contributed by atoms with Gasteiger partial charge >= 0.3 is 0 Å². The molecule has 1 aliphatic heterocycles. The molecule has 1 aliphatic rings. The summed E-state index contributed by atoms with van der Waals surface area (Å²) in [5, 5.41) is 3.55. The van der Waals surface area contributed by atoms with Crippen LogP contribution in [0.1, 0.15) is 25.3 Å². The Morgan fingerprint density at radius 3 is 2.50 bits per heavy atom. The molecule has 178 valence electrons. The number of aromatic nitrogens is 2. The zero-order valence-electron chi connectivity index (χ0n) is 19.9. The van der Waals surface area contributed by atoms with Gasteiger partial charge < -0.3 is 19.9 Å². The van der Waals surface area contributed by atoms with E-state index in [0.717, 1.165) is 43.4 Å². The molecule has 7 nitrogen and oxygen atoms in total. The molecule has 2 heterocycles. The predicted molar refractivity (Wildman–Crippen MR) is 139 cm³/mol. The summed E-state index contributed by atoms with van der Waals surface area (Å²) in [6.07, 6.45) is 1.77. The molecule has 0 aliphatic carbocycles. The van der Waals surface area contributed by atoms with Gasteiger partial charge in [-0.05, 0) is 41.8 Å². The Hall–Kier alpha value is -3.26. The van der Waals surface area contributed by atoms with Crippen LogP contribution < -0.4 is 19.9 Å². The first-order valence-electron chi connectivity index (χ1n) is 11.5. The predicted octanol–water partition coefficient (Wildman–Crippen LogP) is 4.67. The number of ether oxygens (including phenoxy) is 1. The molecule has 3 aromatic rings. The summed E-state index contributed by atoms with van der Waals surface area (Å²) in [4.78, 5) is 26.1. The summed E-state index contributed by atoms with van der Waals surface area (Å²) in [6.45, 7) is 7.84. The number of piperazine rings is 1. The highest BCUT2D eigenvalue weighted by Gasteiger charge is 2.19. The number of carbonyl (C=O) groups excluding carboxylic acids is 1. The number of nitrogens with one attached hydrogen (secondary N) is 1. The molecule has 1 aromatic heterocycles. The van der Waals surface area contributed by atoms with E-state index in [1.165, 1.54) is 23.0 Å². The minimum absolute atomic E-state index is 0.0665. The zero-order chi connectivity index (χ0) is 23.9. The average Bonchev–Trinajstić information content (AvgIpc) is 2.88. The first-order valence-corrected chi connectivity index (χ1v) is 12.5. The third kappa shape index (κ3) is 6.20. The smallest absolute Gasteiger partial charge is 0.234 e. The molecule has 1 fully saturated rings. The molecule has 0 unspecified atom stereocenters. The number of amides is 1. The lowest BCUT2D eigenvalue weighted by molar-refractivity contribution is -0.113. The molecule has 1 N–H and O–H groups in total. The molecular formula is C26H31N5O2S. The van der Waals surface area contributed by atoms with Crippen molar-refractivity contribution >= 4 is 34.9 Å². The van der Waals surface area contributed by atoms with Crippen molar-refractivity contribution in [1.29, 1.82) is 0 Å². The van der Waals surface area contributed by atoms with E-state index in [-0.39, 0.29) is 11.7 Å². The van der Waals surface area contributed by atoms with E-state index < -0.39 is 0 Å². The Balaban J connectivity index is 1.28. The van der Waals surface area contributed by atoms with Gasteiger partial charge in [-0.15, -0.1) is 0 Å². The Morgan fingerprint density at radius 1 is 1.06 bits per heavy atom. The molecule has 0 spiro atoms. The van der Waals surface area contributed by atoms with Crippen molar-refractivity contribution in [3.05, 3.63) is 66.4 Å². The molecule has 1 saturated heterocycles. The highest BCUT2D eigenvalue weighted by molar-refractivity contribution is 7.99. The molecule has 0 saturated carbocycles. The fourth-order valence-corrected chi connectivity index (χ4v) is 4.48. The van der Waals surface area contributed by atoms with Crippen LogP contribution in [0.15, 0.2) is 66.0 Å². The van der Waals surface area contributed by atoms with Gasteiger partial charge in [-0.2, -0.15) is 0 Å². The van der Waals surface area contributed by atoms with Crippen molar-refractivity contribution in [1.82, 2.24) is 9.97 Å². The summed E-state index contributed by atoms with van der Waals surface area (Å²) in [5.74, 6) is 2.43. The van der Waals surface area contributed by atoms with Crippen LogP contribution in [-0.2, 0) is 4.79 Å². The van der Waals surface area contributed by atoms with Crippen LogP contribution in [0.5, 0.6) is 5.75 Å². The number of carbonyl (C=O) groups is 1. The quantitative estimate of drug-likeness (QED) is 0.374. The largest absolute Gasteiger partial charge is 0.497 e. The van der Waals surface area contributed by atoms with Crippen molar-refractivity contribution in [3.8, 4) is 5.75 Å². The van der Waals surface area contributed by atoms with Crippen molar-refractivity contribution in [2.45, 2.75) is 24.9 Å². The first-order chi connectivity index (χ1) is 16.5. The van der Waals surface area contributed by atoms with E-state index in [9.17, 15) is 4.79 Å². The van der Waals surface area contributed by atoms with E-state index in [1.54, 1.807) is 13.3 Å². The van der Waals surface area contributed by atoms with Crippen LogP contribution in [-0.4, -0.2) is 54.9 Å². The van der Waals surface area contributed by atoms with Crippen molar-refractivity contribution in [3.63, 3.8) is 0 Å². The molecule has 8 heteroatoms. The lowest BCUT2D eigenvalue weighted by atomic mass is 10.0. The van der Waals surface area contributed by atoms with E-state index in [0.29, 0.717) is 11.1 Å². The van der Waals surface area contributed by atoms with Crippen LogP contribution in [0.3, 0.4) is 0 Å². The van der Waals surface area contributed by atoms with E-state index in [2.05, 4.69) is 46.1 Å². The topological polar surface area (TPSA) is 70.6 Å². The lowest BCUT2D eigenvalue weighted by Gasteiger charge is -2.36. The van der Waals surface area contributed by atoms with Gasteiger partial charge in [0.25, 0.3) is 0 Å². The van der Waals surface area contributed by atoms with Crippen molar-refractivity contribution < 1.29 is 9.53 Å². The molecule has 0 atom stereocenters. The summed E-state index contributed by atoms with van der Waals surface area (Å²) in [7, 11) is 1.69. The van der Waals surface area contributed by atoms with Gasteiger partial charge in [0.15, 0.2) is 5.16 Å². The van der Waals surface area contributed by atoms with E-state index >= 15 is 0 Å². The Morgan fingerprint density at radius 2 is 1.79 bits per heavy atom. The van der Waals surface area contributed by atoms with Gasteiger partial charge in [-0.1, -0.05) is 43.8 Å². The third-order valence-corrected chi connectivity index (χ3v) is 6.70. The van der Waals surface area contributed by atoms with Crippen molar-refractivity contribution in [2.75, 3.05) is 54.2 Å². The van der Waals surface area contributed by atoms with Crippen LogP contribution in [0, 0.1) is 0 Å². The van der Waals surface area contributed by atoms with Crippen LogP contribution in [0.2, 0.25) is 0 Å². The maximum atomic E-state index is 12.4. The molecule has 0 radical (unpaired) electrons.